The van der Waals surface area contributed by atoms with E-state index in [2.05, 4.69) is 32.0 Å². The maximum absolute atomic E-state index is 12.0. The zero-order chi connectivity index (χ0) is 14.5. The van der Waals surface area contributed by atoms with Gasteiger partial charge in [-0.05, 0) is 19.4 Å². The number of nitrogens with zero attached hydrogens (tertiary/aromatic N) is 1. The topological polar surface area (TPSA) is 37.4 Å². The fourth-order valence-corrected chi connectivity index (χ4v) is 3.37. The van der Waals surface area contributed by atoms with Gasteiger partial charge in [-0.25, -0.2) is 0 Å². The summed E-state index contributed by atoms with van der Waals surface area (Å²) in [4.78, 5) is 25.0. The van der Waals surface area contributed by atoms with Crippen LogP contribution >= 0.6 is 11.8 Å². The molecule has 1 aliphatic rings. The van der Waals surface area contributed by atoms with Gasteiger partial charge in [-0.15, -0.1) is 11.8 Å². The van der Waals surface area contributed by atoms with Crippen LogP contribution in [0.15, 0.2) is 18.2 Å². The highest BCUT2D eigenvalue weighted by atomic mass is 32.2. The van der Waals surface area contributed by atoms with E-state index >= 15 is 0 Å². The van der Waals surface area contributed by atoms with Crippen molar-refractivity contribution >= 4 is 23.5 Å². The molecule has 0 unspecified atom stereocenters. The number of carbonyl (C=O) groups is 2. The molecule has 108 valence electrons. The molecule has 1 saturated heterocycles. The van der Waals surface area contributed by atoms with E-state index in [4.69, 9.17) is 0 Å². The molecule has 0 aliphatic carbocycles. The second-order valence-corrected chi connectivity index (χ2v) is 6.39. The van der Waals surface area contributed by atoms with Crippen LogP contribution in [0.25, 0.3) is 0 Å². The van der Waals surface area contributed by atoms with Crippen LogP contribution < -0.4 is 0 Å². The van der Waals surface area contributed by atoms with Gasteiger partial charge in [0.15, 0.2) is 0 Å². The van der Waals surface area contributed by atoms with Crippen molar-refractivity contribution in [2.45, 2.75) is 32.4 Å². The molecule has 1 aromatic carbocycles. The summed E-state index contributed by atoms with van der Waals surface area (Å²) in [5.74, 6) is 1.80. The molecule has 20 heavy (non-hydrogen) atoms. The molecule has 0 atom stereocenters. The van der Waals surface area contributed by atoms with Crippen molar-refractivity contribution in [3.8, 4) is 0 Å². The third-order valence-electron chi connectivity index (χ3n) is 3.45. The number of thioether (sulfide) groups is 1. The molecule has 1 fully saturated rings. The van der Waals surface area contributed by atoms with Crippen molar-refractivity contribution in [3.63, 3.8) is 0 Å². The fraction of sp³-hybridized carbons (Fsp3) is 0.500. The number of amides is 1. The minimum Gasteiger partial charge on any atom is -0.341 e. The first-order chi connectivity index (χ1) is 9.54. The molecule has 2 rings (SSSR count). The van der Waals surface area contributed by atoms with Gasteiger partial charge in [-0.3, -0.25) is 9.59 Å². The predicted octanol–water partition coefficient (Wildman–Crippen LogP) is 2.73. The minimum atomic E-state index is 0.159. The molecule has 1 aliphatic heterocycles. The number of aryl methyl sites for hydroxylation is 2. The molecule has 3 nitrogen and oxygen atoms in total. The van der Waals surface area contributed by atoms with Crippen LogP contribution in [-0.2, 0) is 15.3 Å². The molecule has 4 heteroatoms. The van der Waals surface area contributed by atoms with Crippen LogP contribution in [0.5, 0.6) is 0 Å². The molecule has 1 aromatic rings. The first-order valence-corrected chi connectivity index (χ1v) is 8.14. The Hall–Kier alpha value is -1.29. The lowest BCUT2D eigenvalue weighted by molar-refractivity contribution is -0.132. The van der Waals surface area contributed by atoms with Crippen molar-refractivity contribution in [2.24, 2.45) is 0 Å². The Morgan fingerprint density at radius 3 is 2.35 bits per heavy atom. The summed E-state index contributed by atoms with van der Waals surface area (Å²) >= 11 is 1.65. The van der Waals surface area contributed by atoms with E-state index in [-0.39, 0.29) is 11.7 Å². The zero-order valence-corrected chi connectivity index (χ0v) is 13.0. The number of Topliss-reactive ketones (excluding diaryl/α,β-unsaturated/α-hetero) is 1. The third kappa shape index (κ3) is 4.37. The lowest BCUT2D eigenvalue weighted by Gasteiger charge is -2.25. The maximum atomic E-state index is 12.0. The Kier molecular flexibility index (Phi) is 5.24. The molecular weight excluding hydrogens is 270 g/mol. The summed E-state index contributed by atoms with van der Waals surface area (Å²) in [7, 11) is 0. The van der Waals surface area contributed by atoms with E-state index in [1.165, 1.54) is 16.7 Å². The van der Waals surface area contributed by atoms with Gasteiger partial charge in [0.25, 0.3) is 0 Å². The van der Waals surface area contributed by atoms with Crippen LogP contribution in [0, 0.1) is 13.8 Å². The molecule has 0 saturated carbocycles. The molecule has 0 radical (unpaired) electrons. The van der Waals surface area contributed by atoms with E-state index < -0.39 is 0 Å². The average Bonchev–Trinajstić information content (AvgIpc) is 2.38. The number of ketones is 1. The summed E-state index contributed by atoms with van der Waals surface area (Å²) in [6, 6.07) is 6.50. The second-order valence-electron chi connectivity index (χ2n) is 5.41. The highest BCUT2D eigenvalue weighted by Crippen LogP contribution is 2.17. The summed E-state index contributed by atoms with van der Waals surface area (Å²) in [6.07, 6.45) is 1.04. The number of hydrogen-bond donors (Lipinski definition) is 0. The Labute approximate surface area is 124 Å². The van der Waals surface area contributed by atoms with Crippen molar-refractivity contribution in [3.05, 3.63) is 34.9 Å². The van der Waals surface area contributed by atoms with Crippen molar-refractivity contribution in [1.29, 1.82) is 0 Å². The first-order valence-electron chi connectivity index (χ1n) is 6.99. The SMILES string of the molecule is Cc1cc(C)cc(CSCC(=O)N2CCC(=O)CC2)c1. The van der Waals surface area contributed by atoms with Gasteiger partial charge in [0.1, 0.15) is 5.78 Å². The van der Waals surface area contributed by atoms with Gasteiger partial charge in [0, 0.05) is 31.7 Å². The molecule has 0 N–H and O–H groups in total. The molecule has 0 bridgehead atoms. The van der Waals surface area contributed by atoms with Crippen molar-refractivity contribution < 1.29 is 9.59 Å². The third-order valence-corrected chi connectivity index (χ3v) is 4.44. The summed E-state index contributed by atoms with van der Waals surface area (Å²) in [5.41, 5.74) is 3.80. The number of carbonyl (C=O) groups excluding carboxylic acids is 2. The predicted molar refractivity (Wildman–Crippen MR) is 82.9 cm³/mol. The smallest absolute Gasteiger partial charge is 0.232 e. The summed E-state index contributed by atoms with van der Waals surface area (Å²) < 4.78 is 0. The van der Waals surface area contributed by atoms with E-state index in [1.54, 1.807) is 11.8 Å². The minimum absolute atomic E-state index is 0.159. The number of benzene rings is 1. The molecular formula is C16H21NO2S. The molecule has 0 aromatic heterocycles. The van der Waals surface area contributed by atoms with E-state index in [0.29, 0.717) is 31.7 Å². The second kappa shape index (κ2) is 6.93. The van der Waals surface area contributed by atoms with Crippen LogP contribution in [0.4, 0.5) is 0 Å². The van der Waals surface area contributed by atoms with E-state index in [9.17, 15) is 9.59 Å². The maximum Gasteiger partial charge on any atom is 0.232 e. The highest BCUT2D eigenvalue weighted by Gasteiger charge is 2.20. The van der Waals surface area contributed by atoms with E-state index in [0.717, 1.165) is 5.75 Å². The highest BCUT2D eigenvalue weighted by molar-refractivity contribution is 7.99. The van der Waals surface area contributed by atoms with E-state index in [1.807, 2.05) is 4.90 Å². The normalized spacial score (nSPS) is 15.5. The Morgan fingerprint density at radius 2 is 1.75 bits per heavy atom. The van der Waals surface area contributed by atoms with Gasteiger partial charge >= 0.3 is 0 Å². The first kappa shape index (κ1) is 15.1. The van der Waals surface area contributed by atoms with Crippen LogP contribution in [0.3, 0.4) is 0 Å². The van der Waals surface area contributed by atoms with Gasteiger partial charge < -0.3 is 4.90 Å². The Morgan fingerprint density at radius 1 is 1.15 bits per heavy atom. The zero-order valence-electron chi connectivity index (χ0n) is 12.1. The summed E-state index contributed by atoms with van der Waals surface area (Å²) in [6.45, 7) is 5.39. The monoisotopic (exact) mass is 291 g/mol. The number of likely N-dealkylation sites (tertiary alicyclic amines) is 1. The number of rotatable bonds is 4. The fourth-order valence-electron chi connectivity index (χ4n) is 2.51. The number of hydrogen-bond acceptors (Lipinski definition) is 3. The van der Waals surface area contributed by atoms with Gasteiger partial charge in [0.2, 0.25) is 5.91 Å². The van der Waals surface area contributed by atoms with Gasteiger partial charge in [-0.1, -0.05) is 29.3 Å². The quantitative estimate of drug-likeness (QED) is 0.856. The van der Waals surface area contributed by atoms with Crippen LogP contribution in [0.1, 0.15) is 29.5 Å². The standard InChI is InChI=1S/C16H21NO2S/c1-12-7-13(2)9-14(8-12)10-20-11-16(19)17-5-3-15(18)4-6-17/h7-9H,3-6,10-11H2,1-2H3. The van der Waals surface area contributed by atoms with Crippen molar-refractivity contribution in [1.82, 2.24) is 4.90 Å². The van der Waals surface area contributed by atoms with Crippen molar-refractivity contribution in [2.75, 3.05) is 18.8 Å². The molecule has 1 amide bonds. The Bertz CT molecular complexity index is 483. The largest absolute Gasteiger partial charge is 0.341 e. The molecule has 0 spiro atoms. The summed E-state index contributed by atoms with van der Waals surface area (Å²) in [5, 5.41) is 0. The van der Waals surface area contributed by atoms with Gasteiger partial charge in [-0.2, -0.15) is 0 Å². The van der Waals surface area contributed by atoms with Crippen LogP contribution in [-0.4, -0.2) is 35.4 Å². The lowest BCUT2D eigenvalue weighted by atomic mass is 10.1. The van der Waals surface area contributed by atoms with Crippen LogP contribution in [0.2, 0.25) is 0 Å². The average molecular weight is 291 g/mol. The lowest BCUT2D eigenvalue weighted by Crippen LogP contribution is -2.39. The molecule has 1 heterocycles. The Balaban J connectivity index is 1.77. The number of piperidine rings is 1. The van der Waals surface area contributed by atoms with Gasteiger partial charge in [0.05, 0.1) is 5.75 Å².